The largest absolute Gasteiger partial charge is 0.871 e. The molecule has 0 fully saturated rings. The van der Waals surface area contributed by atoms with E-state index in [9.17, 15) is 19.5 Å². The molecule has 0 spiro atoms. The van der Waals surface area contributed by atoms with Gasteiger partial charge in [0.05, 0.1) is 6.54 Å². The number of benzene rings is 3. The Balaban J connectivity index is 1.46. The third-order valence-electron chi connectivity index (χ3n) is 10.4. The van der Waals surface area contributed by atoms with Crippen LogP contribution >= 0.6 is 0 Å². The number of carbonyl (C=O) groups excluding carboxylic acids is 3. The molecule has 5 rings (SSSR count). The number of hydrogen-bond acceptors (Lipinski definition) is 7. The Labute approximate surface area is 343 Å². The van der Waals surface area contributed by atoms with Crippen LogP contribution in [0.1, 0.15) is 81.2 Å². The van der Waals surface area contributed by atoms with Gasteiger partial charge in [-0.3, -0.25) is 4.79 Å². The molecule has 0 N–H and O–H groups in total. The molecule has 3 aromatic rings. The zero-order valence-corrected chi connectivity index (χ0v) is 35.2. The van der Waals surface area contributed by atoms with Gasteiger partial charge in [0.15, 0.2) is 18.4 Å². The molecular formula is C50H56N2O6. The zero-order chi connectivity index (χ0) is 42.3. The molecule has 0 radical (unpaired) electrons. The minimum Gasteiger partial charge on any atom is -0.871 e. The van der Waals surface area contributed by atoms with E-state index in [1.165, 1.54) is 0 Å². The summed E-state index contributed by atoms with van der Waals surface area (Å²) in [5.41, 5.74) is 10.1. The second-order valence-electron chi connectivity index (χ2n) is 15.5. The predicted octanol–water partition coefficient (Wildman–Crippen LogP) is 9.50. The molecule has 8 nitrogen and oxygen atoms in total. The number of ether oxygens (including phenoxy) is 2. The van der Waals surface area contributed by atoms with Crippen LogP contribution in [0.15, 0.2) is 126 Å². The second kappa shape index (κ2) is 18.9. The van der Waals surface area contributed by atoms with Crippen LogP contribution in [-0.4, -0.2) is 53.3 Å². The van der Waals surface area contributed by atoms with Crippen molar-refractivity contribution >= 4 is 46.1 Å². The minimum atomic E-state index is -0.421. The lowest BCUT2D eigenvalue weighted by Crippen LogP contribution is -2.33. The highest BCUT2D eigenvalue weighted by Gasteiger charge is 2.32. The number of allylic oxidation sites excluding steroid dienone is 7. The summed E-state index contributed by atoms with van der Waals surface area (Å²) < 4.78 is 13.8. The lowest BCUT2D eigenvalue weighted by Gasteiger charge is -2.33. The number of aryl methyl sites for hydroxylation is 4. The summed E-state index contributed by atoms with van der Waals surface area (Å²) in [5.74, 6) is -1.44. The Morgan fingerprint density at radius 2 is 1.29 bits per heavy atom. The van der Waals surface area contributed by atoms with Crippen LogP contribution in [0, 0.1) is 27.7 Å². The van der Waals surface area contributed by atoms with Gasteiger partial charge >= 0.3 is 11.9 Å². The van der Waals surface area contributed by atoms with E-state index in [0.29, 0.717) is 48.2 Å². The van der Waals surface area contributed by atoms with Gasteiger partial charge in [-0.15, -0.1) is 0 Å². The summed E-state index contributed by atoms with van der Waals surface area (Å²) in [5, 5.41) is 13.7. The number of rotatable bonds is 16. The Kier molecular flexibility index (Phi) is 14.1. The van der Waals surface area contributed by atoms with Crippen LogP contribution in [0.25, 0.3) is 5.57 Å². The van der Waals surface area contributed by atoms with E-state index < -0.39 is 11.9 Å². The van der Waals surface area contributed by atoms with E-state index in [4.69, 9.17) is 9.47 Å². The average Bonchev–Trinajstić information content (AvgIpc) is 3.17. The molecule has 0 heterocycles. The highest BCUT2D eigenvalue weighted by Crippen LogP contribution is 2.39. The Hall–Kier alpha value is -6.02. The van der Waals surface area contributed by atoms with Gasteiger partial charge in [0, 0.05) is 57.4 Å². The molecule has 2 aliphatic carbocycles. The standard InChI is InChI=1S/C50H56N2O6/c1-11-13-41(57-49(55)31(3)4)29-51(43-25-15-33(7)27-35(43)9)39-21-17-37(18-22-39)45-47(53)46(48(45)54)38-19-23-40(24-20-38)52(44-26-16-34(8)28-36(44)10)30-42(14-12-2)58-50(56)32(5)6/h15-28,41-42H,3,5,11-14,29-30H2,1-2,4,6-10H3. The number of esters is 2. The van der Waals surface area contributed by atoms with Crippen molar-refractivity contribution in [2.45, 2.75) is 93.3 Å². The third kappa shape index (κ3) is 9.91. The summed E-state index contributed by atoms with van der Waals surface area (Å²) in [6.07, 6.45) is 9.66. The zero-order valence-electron chi connectivity index (χ0n) is 35.2. The van der Waals surface area contributed by atoms with Crippen molar-refractivity contribution in [3.63, 3.8) is 0 Å². The number of carbonyl (C=O) groups is 3. The molecule has 58 heavy (non-hydrogen) atoms. The lowest BCUT2D eigenvalue weighted by atomic mass is 9.80. The smallest absolute Gasteiger partial charge is 0.333 e. The Morgan fingerprint density at radius 3 is 1.83 bits per heavy atom. The van der Waals surface area contributed by atoms with Crippen molar-refractivity contribution in [2.24, 2.45) is 0 Å². The van der Waals surface area contributed by atoms with Gasteiger partial charge in [-0.25, -0.2) is 9.59 Å². The van der Waals surface area contributed by atoms with Gasteiger partial charge in [0.25, 0.3) is 0 Å². The van der Waals surface area contributed by atoms with E-state index in [2.05, 4.69) is 86.7 Å². The number of anilines is 2. The number of hydrogen-bond donors (Lipinski definition) is 0. The fourth-order valence-corrected chi connectivity index (χ4v) is 7.37. The van der Waals surface area contributed by atoms with E-state index in [-0.39, 0.29) is 34.9 Å². The molecular weight excluding hydrogens is 725 g/mol. The molecule has 0 saturated carbocycles. The normalized spacial score (nSPS) is 14.6. The second-order valence-corrected chi connectivity index (χ2v) is 15.5. The first kappa shape index (κ1) is 43.1. The third-order valence-corrected chi connectivity index (χ3v) is 10.4. The number of nitrogens with zero attached hydrogens (tertiary/aromatic N) is 2. The molecule has 0 aromatic heterocycles. The van der Waals surface area contributed by atoms with Gasteiger partial charge in [0.2, 0.25) is 11.4 Å². The van der Waals surface area contributed by atoms with E-state index >= 15 is 0 Å². The monoisotopic (exact) mass is 780 g/mol. The molecule has 0 saturated heterocycles. The van der Waals surface area contributed by atoms with Gasteiger partial charge in [-0.05, 0) is 108 Å². The van der Waals surface area contributed by atoms with Gasteiger partial charge in [-0.2, -0.15) is 4.58 Å². The molecule has 2 aliphatic rings. The first-order valence-corrected chi connectivity index (χ1v) is 20.1. The summed E-state index contributed by atoms with van der Waals surface area (Å²) in [6, 6.07) is 19.9. The van der Waals surface area contributed by atoms with Crippen molar-refractivity contribution in [1.29, 1.82) is 0 Å². The molecule has 0 aliphatic heterocycles. The van der Waals surface area contributed by atoms with Gasteiger partial charge in [-0.1, -0.05) is 87.1 Å². The number of Topliss-reactive ketones (excluding diaryl/α,β-unsaturated/α-hetero) is 1. The Morgan fingerprint density at radius 1 is 0.741 bits per heavy atom. The van der Waals surface area contributed by atoms with Crippen molar-refractivity contribution in [3.8, 4) is 0 Å². The summed E-state index contributed by atoms with van der Waals surface area (Å²) in [7, 11) is 0. The Bertz CT molecular complexity index is 2270. The van der Waals surface area contributed by atoms with Gasteiger partial charge < -0.3 is 19.5 Å². The van der Waals surface area contributed by atoms with Crippen LogP contribution < -0.4 is 10.0 Å². The van der Waals surface area contributed by atoms with Crippen molar-refractivity contribution in [1.82, 2.24) is 0 Å². The van der Waals surface area contributed by atoms with Crippen LogP contribution in [0.4, 0.5) is 17.1 Å². The first-order valence-electron chi connectivity index (χ1n) is 20.1. The fourth-order valence-electron chi connectivity index (χ4n) is 7.37. The summed E-state index contributed by atoms with van der Waals surface area (Å²) in [4.78, 5) is 41.0. The average molecular weight is 781 g/mol. The maximum atomic E-state index is 13.7. The molecule has 3 aromatic carbocycles. The maximum absolute atomic E-state index is 13.7. The first-order chi connectivity index (χ1) is 27.6. The molecule has 0 amide bonds. The van der Waals surface area contributed by atoms with Crippen molar-refractivity contribution in [3.05, 3.63) is 154 Å². The van der Waals surface area contributed by atoms with Crippen LogP contribution in [-0.2, 0) is 23.9 Å². The molecule has 0 bridgehead atoms. The van der Waals surface area contributed by atoms with E-state index in [1.807, 2.05) is 38.1 Å². The topological polar surface area (TPSA) is 99.0 Å². The SMILES string of the molecule is C=C(C)C(=O)OC(CCC)CN(c1ccc(C2=C([O-])C(=C3C=CC(=[N+](CC(CCC)OC(=O)C(=C)C)c4ccc(C)cc4C)C=C3)C2=O)cc1)c1ccc(C)cc1C. The minimum absolute atomic E-state index is 0.154. The molecule has 2 atom stereocenters. The van der Waals surface area contributed by atoms with Crippen LogP contribution in [0.2, 0.25) is 0 Å². The lowest BCUT2D eigenvalue weighted by molar-refractivity contribution is -0.451. The number of ketones is 1. The quantitative estimate of drug-likeness (QED) is 0.0812. The maximum Gasteiger partial charge on any atom is 0.333 e. The summed E-state index contributed by atoms with van der Waals surface area (Å²) >= 11 is 0. The van der Waals surface area contributed by atoms with Gasteiger partial charge in [0.1, 0.15) is 6.10 Å². The molecule has 302 valence electrons. The van der Waals surface area contributed by atoms with Crippen LogP contribution in [0.3, 0.4) is 0 Å². The highest BCUT2D eigenvalue weighted by molar-refractivity contribution is 6.39. The highest BCUT2D eigenvalue weighted by atomic mass is 16.5. The van der Waals surface area contributed by atoms with E-state index in [0.717, 1.165) is 57.9 Å². The predicted molar refractivity (Wildman–Crippen MR) is 232 cm³/mol. The molecule has 2 unspecified atom stereocenters. The van der Waals surface area contributed by atoms with Crippen molar-refractivity contribution < 1.29 is 33.5 Å². The van der Waals surface area contributed by atoms with Crippen LogP contribution in [0.5, 0.6) is 0 Å². The fraction of sp³-hybridized carbons (Fsp3) is 0.320. The summed E-state index contributed by atoms with van der Waals surface area (Å²) in [6.45, 7) is 23.9. The van der Waals surface area contributed by atoms with E-state index in [1.54, 1.807) is 38.1 Å². The molecule has 8 heteroatoms. The van der Waals surface area contributed by atoms with Crippen molar-refractivity contribution in [2.75, 3.05) is 18.0 Å².